The molecule has 1 rings (SSSR count). The smallest absolute Gasteiger partial charge is 0.411 e. The number of hydrogen-bond donors (Lipinski definition) is 1. The van der Waals surface area contributed by atoms with Gasteiger partial charge >= 0.3 is 12.1 Å². The van der Waals surface area contributed by atoms with Gasteiger partial charge in [-0.15, -0.1) is 0 Å². The van der Waals surface area contributed by atoms with Crippen molar-refractivity contribution < 1.29 is 32.5 Å². The van der Waals surface area contributed by atoms with Gasteiger partial charge in [-0.2, -0.15) is 13.2 Å². The van der Waals surface area contributed by atoms with Gasteiger partial charge in [-0.3, -0.25) is 0 Å². The zero-order chi connectivity index (χ0) is 15.9. The first-order valence-electron chi connectivity index (χ1n) is 5.76. The zero-order valence-electron chi connectivity index (χ0n) is 10.7. The fourth-order valence-electron chi connectivity index (χ4n) is 1.31. The van der Waals surface area contributed by atoms with Gasteiger partial charge in [-0.1, -0.05) is 15.9 Å². The van der Waals surface area contributed by atoms with Crippen molar-refractivity contribution >= 4 is 28.0 Å². The Morgan fingerprint density at radius 2 is 2.05 bits per heavy atom. The topological polar surface area (TPSA) is 55.8 Å². The fraction of sp³-hybridized carbons (Fsp3) is 0.308. The molecule has 0 unspecified atom stereocenters. The van der Waals surface area contributed by atoms with Crippen LogP contribution in [-0.4, -0.2) is 37.1 Å². The summed E-state index contributed by atoms with van der Waals surface area (Å²) in [6.45, 7) is -1.56. The molecule has 0 saturated heterocycles. The highest BCUT2D eigenvalue weighted by Gasteiger charge is 2.27. The molecule has 1 aromatic rings. The molecule has 8 heteroatoms. The maximum absolute atomic E-state index is 11.8. The summed E-state index contributed by atoms with van der Waals surface area (Å²) in [4.78, 5) is 10.5. The van der Waals surface area contributed by atoms with Crippen LogP contribution < -0.4 is 4.74 Å². The van der Waals surface area contributed by atoms with Crippen molar-refractivity contribution in [3.8, 4) is 5.75 Å². The van der Waals surface area contributed by atoms with Crippen molar-refractivity contribution in [2.45, 2.75) is 6.18 Å². The molecule has 0 radical (unpaired) electrons. The Balaban J connectivity index is 2.49. The quantitative estimate of drug-likeness (QED) is 0.591. The van der Waals surface area contributed by atoms with Gasteiger partial charge in [-0.25, -0.2) is 4.79 Å². The van der Waals surface area contributed by atoms with Gasteiger partial charge in [0.25, 0.3) is 0 Å². The highest BCUT2D eigenvalue weighted by atomic mass is 79.9. The average Bonchev–Trinajstić information content (AvgIpc) is 2.37. The predicted molar refractivity (Wildman–Crippen MR) is 73.2 cm³/mol. The average molecular weight is 369 g/mol. The van der Waals surface area contributed by atoms with Crippen LogP contribution in [0.1, 0.15) is 5.56 Å². The lowest BCUT2D eigenvalue weighted by atomic mass is 10.2. The summed E-state index contributed by atoms with van der Waals surface area (Å²) in [6, 6.07) is 4.81. The van der Waals surface area contributed by atoms with E-state index < -0.39 is 18.8 Å². The third-order valence-corrected chi connectivity index (χ3v) is 2.86. The van der Waals surface area contributed by atoms with E-state index in [2.05, 4.69) is 20.7 Å². The van der Waals surface area contributed by atoms with Crippen molar-refractivity contribution in [1.29, 1.82) is 0 Å². The van der Waals surface area contributed by atoms with E-state index in [-0.39, 0.29) is 13.2 Å². The van der Waals surface area contributed by atoms with Crippen LogP contribution in [-0.2, 0) is 9.53 Å². The van der Waals surface area contributed by atoms with Gasteiger partial charge in [0, 0.05) is 10.5 Å². The van der Waals surface area contributed by atoms with Crippen molar-refractivity contribution in [1.82, 2.24) is 0 Å². The maximum Gasteiger partial charge on any atom is 0.411 e. The van der Waals surface area contributed by atoms with E-state index in [1.54, 1.807) is 18.2 Å². The first-order chi connectivity index (χ1) is 9.78. The van der Waals surface area contributed by atoms with Crippen LogP contribution in [0.3, 0.4) is 0 Å². The molecule has 0 saturated carbocycles. The third-order valence-electron chi connectivity index (χ3n) is 2.14. The molecule has 0 bridgehead atoms. The van der Waals surface area contributed by atoms with Crippen LogP contribution in [0.2, 0.25) is 0 Å². The first-order valence-corrected chi connectivity index (χ1v) is 6.55. The molecule has 4 nitrogen and oxygen atoms in total. The van der Waals surface area contributed by atoms with Crippen molar-refractivity contribution in [2.75, 3.05) is 19.8 Å². The number of carbonyl (C=O) groups is 1. The molecule has 0 aliphatic carbocycles. The molecule has 0 aromatic heterocycles. The Labute approximate surface area is 127 Å². The maximum atomic E-state index is 11.8. The lowest BCUT2D eigenvalue weighted by molar-refractivity contribution is -0.175. The zero-order valence-corrected chi connectivity index (χ0v) is 12.3. The van der Waals surface area contributed by atoms with Crippen molar-refractivity contribution in [3.05, 3.63) is 34.3 Å². The molecule has 0 heterocycles. The number of rotatable bonds is 7. The second kappa shape index (κ2) is 8.04. The Kier molecular flexibility index (Phi) is 6.70. The number of benzene rings is 1. The summed E-state index contributed by atoms with van der Waals surface area (Å²) < 4.78 is 45.8. The first kappa shape index (κ1) is 17.5. The van der Waals surface area contributed by atoms with Crippen LogP contribution in [0, 0.1) is 0 Å². The SMILES string of the molecule is O=C(O)/C=C/c1cc(OCCOCC(F)(F)F)ccc1Br. The van der Waals surface area contributed by atoms with E-state index in [4.69, 9.17) is 9.84 Å². The van der Waals surface area contributed by atoms with E-state index >= 15 is 0 Å². The second-order valence-corrected chi connectivity index (χ2v) is 4.73. The molecule has 0 amide bonds. The number of carboxylic acids is 1. The van der Waals surface area contributed by atoms with Crippen LogP contribution in [0.4, 0.5) is 13.2 Å². The van der Waals surface area contributed by atoms with E-state index in [9.17, 15) is 18.0 Å². The van der Waals surface area contributed by atoms with Crippen LogP contribution in [0.15, 0.2) is 28.7 Å². The number of carboxylic acid groups (broad SMARTS) is 1. The van der Waals surface area contributed by atoms with Gasteiger partial charge in [0.05, 0.1) is 6.61 Å². The van der Waals surface area contributed by atoms with E-state index in [1.807, 2.05) is 0 Å². The Bertz CT molecular complexity index is 515. The van der Waals surface area contributed by atoms with Gasteiger partial charge in [0.15, 0.2) is 0 Å². The summed E-state index contributed by atoms with van der Waals surface area (Å²) in [6.07, 6.45) is -2.01. The molecule has 0 fully saturated rings. The van der Waals surface area contributed by atoms with Gasteiger partial charge in [0.2, 0.25) is 0 Å². The molecular weight excluding hydrogens is 357 g/mol. The monoisotopic (exact) mass is 368 g/mol. The molecule has 1 N–H and O–H groups in total. The van der Waals surface area contributed by atoms with Crippen LogP contribution >= 0.6 is 15.9 Å². The Hall–Kier alpha value is -1.54. The largest absolute Gasteiger partial charge is 0.491 e. The standard InChI is InChI=1S/C13H12BrF3O4/c14-11-3-2-10(7-9(11)1-4-12(18)19)21-6-5-20-8-13(15,16)17/h1-4,7H,5-6,8H2,(H,18,19)/b4-1+. The lowest BCUT2D eigenvalue weighted by Gasteiger charge is -2.10. The van der Waals surface area contributed by atoms with E-state index in [1.165, 1.54) is 6.08 Å². The minimum absolute atomic E-state index is 0.0419. The highest BCUT2D eigenvalue weighted by Crippen LogP contribution is 2.24. The second-order valence-electron chi connectivity index (χ2n) is 3.87. The molecule has 116 valence electrons. The molecule has 0 aliphatic heterocycles. The number of halogens is 4. The third kappa shape index (κ3) is 7.72. The summed E-state index contributed by atoms with van der Waals surface area (Å²) in [5.41, 5.74) is 0.575. The summed E-state index contributed by atoms with van der Waals surface area (Å²) in [7, 11) is 0. The van der Waals surface area contributed by atoms with Crippen molar-refractivity contribution in [2.24, 2.45) is 0 Å². The fourth-order valence-corrected chi connectivity index (χ4v) is 1.69. The highest BCUT2D eigenvalue weighted by molar-refractivity contribution is 9.10. The molecule has 1 aromatic carbocycles. The molecule has 0 spiro atoms. The number of alkyl halides is 3. The number of ether oxygens (including phenoxy) is 2. The summed E-state index contributed by atoms with van der Waals surface area (Å²) >= 11 is 3.25. The Morgan fingerprint density at radius 3 is 2.67 bits per heavy atom. The minimum Gasteiger partial charge on any atom is -0.491 e. The van der Waals surface area contributed by atoms with Crippen molar-refractivity contribution in [3.63, 3.8) is 0 Å². The van der Waals surface area contributed by atoms with Gasteiger partial charge in [0.1, 0.15) is 19.0 Å². The molecule has 0 aliphatic rings. The van der Waals surface area contributed by atoms with Gasteiger partial charge in [-0.05, 0) is 29.8 Å². The summed E-state index contributed by atoms with van der Waals surface area (Å²) in [5.74, 6) is -0.687. The normalized spacial score (nSPS) is 11.8. The van der Waals surface area contributed by atoms with E-state index in [0.29, 0.717) is 15.8 Å². The number of aliphatic carboxylic acids is 1. The van der Waals surface area contributed by atoms with E-state index in [0.717, 1.165) is 6.08 Å². The lowest BCUT2D eigenvalue weighted by Crippen LogP contribution is -2.19. The molecule has 0 atom stereocenters. The minimum atomic E-state index is -4.35. The van der Waals surface area contributed by atoms with Gasteiger partial charge < -0.3 is 14.6 Å². The van der Waals surface area contributed by atoms with Crippen LogP contribution in [0.5, 0.6) is 5.75 Å². The predicted octanol–water partition coefficient (Wildman–Crippen LogP) is 3.50. The molecular formula is C13H12BrF3O4. The number of hydrogen-bond acceptors (Lipinski definition) is 3. The Morgan fingerprint density at radius 1 is 1.33 bits per heavy atom. The summed E-state index contributed by atoms with van der Waals surface area (Å²) in [5, 5.41) is 8.56. The van der Waals surface area contributed by atoms with Crippen LogP contribution in [0.25, 0.3) is 6.08 Å². The molecule has 21 heavy (non-hydrogen) atoms.